The molecule has 3 rings (SSSR count). The summed E-state index contributed by atoms with van der Waals surface area (Å²) < 4.78 is 14.3. The fraction of sp³-hybridized carbons (Fsp3) is 0.400. The first-order valence-electron chi connectivity index (χ1n) is 8.84. The van der Waals surface area contributed by atoms with Gasteiger partial charge in [-0.25, -0.2) is 4.39 Å². The molecule has 1 fully saturated rings. The maximum absolute atomic E-state index is 14.3. The van der Waals surface area contributed by atoms with Crippen LogP contribution in [0.25, 0.3) is 0 Å². The standard InChI is InChI=1S/C20H23FN2O2S/c1-4-18-13(2)11-19(26-18)20(25)23-9-7-22(8-10-23)17-6-5-15(14(3)24)12-16(17)21/h5-6,11-12H,4,7-10H2,1-3H3. The zero-order valence-electron chi connectivity index (χ0n) is 15.3. The Morgan fingerprint density at radius 2 is 1.85 bits per heavy atom. The number of aryl methyl sites for hydroxylation is 2. The number of nitrogens with zero attached hydrogens (tertiary/aromatic N) is 2. The molecule has 1 aromatic carbocycles. The Kier molecular flexibility index (Phi) is 5.41. The van der Waals surface area contributed by atoms with Crippen LogP contribution in [-0.4, -0.2) is 42.8 Å². The second kappa shape index (κ2) is 7.58. The van der Waals surface area contributed by atoms with Crippen LogP contribution in [0.5, 0.6) is 0 Å². The number of thiophene rings is 1. The Hall–Kier alpha value is -2.21. The third kappa shape index (κ3) is 3.65. The molecule has 1 aromatic heterocycles. The summed E-state index contributed by atoms with van der Waals surface area (Å²) in [6.07, 6.45) is 0.938. The van der Waals surface area contributed by atoms with E-state index in [4.69, 9.17) is 0 Å². The largest absolute Gasteiger partial charge is 0.366 e. The van der Waals surface area contributed by atoms with Gasteiger partial charge in [0.1, 0.15) is 5.82 Å². The molecular formula is C20H23FN2O2S. The summed E-state index contributed by atoms with van der Waals surface area (Å²) in [5.74, 6) is -0.479. The highest BCUT2D eigenvalue weighted by Crippen LogP contribution is 2.26. The first-order chi connectivity index (χ1) is 12.4. The summed E-state index contributed by atoms with van der Waals surface area (Å²) in [5, 5.41) is 0. The number of halogens is 1. The normalized spacial score (nSPS) is 14.6. The monoisotopic (exact) mass is 374 g/mol. The maximum Gasteiger partial charge on any atom is 0.264 e. The van der Waals surface area contributed by atoms with E-state index in [1.807, 2.05) is 22.8 Å². The number of amides is 1. The van der Waals surface area contributed by atoms with Gasteiger partial charge >= 0.3 is 0 Å². The molecule has 0 radical (unpaired) electrons. The molecule has 0 unspecified atom stereocenters. The molecule has 4 nitrogen and oxygen atoms in total. The predicted molar refractivity (Wildman–Crippen MR) is 103 cm³/mol. The minimum atomic E-state index is -0.390. The van der Waals surface area contributed by atoms with Crippen LogP contribution in [0.2, 0.25) is 0 Å². The van der Waals surface area contributed by atoms with Crippen molar-refractivity contribution in [3.05, 3.63) is 51.0 Å². The summed E-state index contributed by atoms with van der Waals surface area (Å²) in [6.45, 7) is 7.83. The molecule has 1 amide bonds. The highest BCUT2D eigenvalue weighted by Gasteiger charge is 2.25. The van der Waals surface area contributed by atoms with E-state index >= 15 is 0 Å². The zero-order valence-corrected chi connectivity index (χ0v) is 16.2. The summed E-state index contributed by atoms with van der Waals surface area (Å²) in [5.41, 5.74) is 2.04. The number of rotatable bonds is 4. The van der Waals surface area contributed by atoms with Gasteiger partial charge in [0, 0.05) is 36.6 Å². The van der Waals surface area contributed by atoms with Crippen LogP contribution in [0.15, 0.2) is 24.3 Å². The number of benzene rings is 1. The molecule has 0 aliphatic carbocycles. The van der Waals surface area contributed by atoms with Gasteiger partial charge in [0.2, 0.25) is 0 Å². The van der Waals surface area contributed by atoms with Gasteiger partial charge in [-0.05, 0) is 50.1 Å². The molecule has 2 aromatic rings. The number of piperazine rings is 1. The third-order valence-corrected chi connectivity index (χ3v) is 6.18. The number of Topliss-reactive ketones (excluding diaryl/α,β-unsaturated/α-hetero) is 1. The van der Waals surface area contributed by atoms with E-state index < -0.39 is 0 Å². The van der Waals surface area contributed by atoms with E-state index in [2.05, 4.69) is 6.92 Å². The molecule has 2 heterocycles. The predicted octanol–water partition coefficient (Wildman–Crippen LogP) is 3.92. The van der Waals surface area contributed by atoms with Crippen molar-refractivity contribution in [2.45, 2.75) is 27.2 Å². The number of carbonyl (C=O) groups is 2. The van der Waals surface area contributed by atoms with Crippen LogP contribution in [0.4, 0.5) is 10.1 Å². The van der Waals surface area contributed by atoms with Gasteiger partial charge in [-0.1, -0.05) is 6.92 Å². The summed E-state index contributed by atoms with van der Waals surface area (Å²) in [7, 11) is 0. The second-order valence-electron chi connectivity index (χ2n) is 6.57. The molecule has 6 heteroatoms. The number of carbonyl (C=O) groups excluding carboxylic acids is 2. The highest BCUT2D eigenvalue weighted by molar-refractivity contribution is 7.14. The van der Waals surface area contributed by atoms with Crippen molar-refractivity contribution in [3.8, 4) is 0 Å². The molecule has 0 atom stereocenters. The Bertz CT molecular complexity index is 838. The van der Waals surface area contributed by atoms with E-state index in [1.54, 1.807) is 23.5 Å². The van der Waals surface area contributed by atoms with Gasteiger partial charge < -0.3 is 9.80 Å². The first-order valence-corrected chi connectivity index (χ1v) is 9.66. The van der Waals surface area contributed by atoms with Crippen molar-refractivity contribution in [2.24, 2.45) is 0 Å². The van der Waals surface area contributed by atoms with Crippen molar-refractivity contribution in [1.82, 2.24) is 4.90 Å². The Labute approximate surface area is 157 Å². The van der Waals surface area contributed by atoms with Crippen molar-refractivity contribution in [3.63, 3.8) is 0 Å². The SMILES string of the molecule is CCc1sc(C(=O)N2CCN(c3ccc(C(C)=O)cc3F)CC2)cc1C. The van der Waals surface area contributed by atoms with E-state index in [1.165, 1.54) is 23.4 Å². The van der Waals surface area contributed by atoms with E-state index in [0.29, 0.717) is 37.4 Å². The minimum Gasteiger partial charge on any atom is -0.366 e. The first kappa shape index (κ1) is 18.6. The number of hydrogen-bond acceptors (Lipinski definition) is 4. The number of anilines is 1. The lowest BCUT2D eigenvalue weighted by Crippen LogP contribution is -2.48. The molecule has 1 aliphatic heterocycles. The molecule has 0 N–H and O–H groups in total. The van der Waals surface area contributed by atoms with Crippen LogP contribution < -0.4 is 4.90 Å². The topological polar surface area (TPSA) is 40.6 Å². The van der Waals surface area contributed by atoms with Crippen molar-refractivity contribution < 1.29 is 14.0 Å². The lowest BCUT2D eigenvalue weighted by Gasteiger charge is -2.36. The average Bonchev–Trinajstić information content (AvgIpc) is 3.02. The Morgan fingerprint density at radius 3 is 2.38 bits per heavy atom. The fourth-order valence-corrected chi connectivity index (χ4v) is 4.35. The minimum absolute atomic E-state index is 0.0600. The third-order valence-electron chi connectivity index (χ3n) is 4.81. The van der Waals surface area contributed by atoms with Crippen molar-refractivity contribution in [2.75, 3.05) is 31.1 Å². The average molecular weight is 374 g/mol. The van der Waals surface area contributed by atoms with Gasteiger partial charge in [0.15, 0.2) is 5.78 Å². The van der Waals surface area contributed by atoms with E-state index in [9.17, 15) is 14.0 Å². The second-order valence-corrected chi connectivity index (χ2v) is 7.71. The van der Waals surface area contributed by atoms with Gasteiger partial charge in [0.05, 0.1) is 10.6 Å². The quantitative estimate of drug-likeness (QED) is 0.762. The van der Waals surface area contributed by atoms with Crippen LogP contribution in [0.1, 0.15) is 44.3 Å². The zero-order chi connectivity index (χ0) is 18.8. The molecule has 1 aliphatic rings. The van der Waals surface area contributed by atoms with Crippen LogP contribution >= 0.6 is 11.3 Å². The fourth-order valence-electron chi connectivity index (χ4n) is 3.26. The molecule has 0 bridgehead atoms. The van der Waals surface area contributed by atoms with Crippen LogP contribution in [0.3, 0.4) is 0 Å². The van der Waals surface area contributed by atoms with Crippen molar-refractivity contribution in [1.29, 1.82) is 0 Å². The van der Waals surface area contributed by atoms with Gasteiger partial charge in [-0.15, -0.1) is 11.3 Å². The Morgan fingerprint density at radius 1 is 1.15 bits per heavy atom. The molecule has 0 saturated carbocycles. The van der Waals surface area contributed by atoms with Crippen molar-refractivity contribution >= 4 is 28.7 Å². The van der Waals surface area contributed by atoms with Crippen LogP contribution in [0, 0.1) is 12.7 Å². The summed E-state index contributed by atoms with van der Waals surface area (Å²) in [6, 6.07) is 6.56. The lowest BCUT2D eigenvalue weighted by molar-refractivity contribution is 0.0751. The molecule has 26 heavy (non-hydrogen) atoms. The molecule has 138 valence electrons. The van der Waals surface area contributed by atoms with Gasteiger partial charge in [0.25, 0.3) is 5.91 Å². The van der Waals surface area contributed by atoms with Crippen LogP contribution in [-0.2, 0) is 6.42 Å². The molecule has 1 saturated heterocycles. The van der Waals surface area contributed by atoms with E-state index in [0.717, 1.165) is 11.3 Å². The summed E-state index contributed by atoms with van der Waals surface area (Å²) in [4.78, 5) is 29.9. The maximum atomic E-state index is 14.3. The Balaban J connectivity index is 1.67. The highest BCUT2D eigenvalue weighted by atomic mass is 32.1. The van der Waals surface area contributed by atoms with E-state index in [-0.39, 0.29) is 17.5 Å². The van der Waals surface area contributed by atoms with Gasteiger partial charge in [-0.2, -0.15) is 0 Å². The number of ketones is 1. The molecular weight excluding hydrogens is 351 g/mol. The number of hydrogen-bond donors (Lipinski definition) is 0. The lowest BCUT2D eigenvalue weighted by atomic mass is 10.1. The smallest absolute Gasteiger partial charge is 0.264 e. The molecule has 0 spiro atoms. The van der Waals surface area contributed by atoms with Gasteiger partial charge in [-0.3, -0.25) is 9.59 Å². The summed E-state index contributed by atoms with van der Waals surface area (Å²) >= 11 is 1.57.